The maximum absolute atomic E-state index is 2.17. The molecule has 0 aliphatic heterocycles. The zero-order valence-electron chi connectivity index (χ0n) is 8.33. The van der Waals surface area contributed by atoms with Gasteiger partial charge in [-0.3, -0.25) is 0 Å². The van der Waals surface area contributed by atoms with Crippen LogP contribution in [0.2, 0.25) is 0 Å². The first-order valence-corrected chi connectivity index (χ1v) is 4.72. The van der Waals surface area contributed by atoms with E-state index in [1.54, 1.807) is 0 Å². The van der Waals surface area contributed by atoms with E-state index in [4.69, 9.17) is 0 Å². The quantitative estimate of drug-likeness (QED) is 0.606. The Labute approximate surface area is 80.6 Å². The molecule has 1 aromatic carbocycles. The Morgan fingerprint density at radius 2 is 1.31 bits per heavy atom. The van der Waals surface area contributed by atoms with Crippen molar-refractivity contribution in [1.29, 1.82) is 0 Å². The van der Waals surface area contributed by atoms with Gasteiger partial charge in [0, 0.05) is 0 Å². The SMILES string of the molecule is CCc1ccccc(C)cccc1. The van der Waals surface area contributed by atoms with E-state index in [0.717, 1.165) is 6.42 Å². The van der Waals surface area contributed by atoms with Gasteiger partial charge < -0.3 is 0 Å². The summed E-state index contributed by atoms with van der Waals surface area (Å²) >= 11 is 0. The molecular formula is C13H16. The minimum absolute atomic E-state index is 1.08. The van der Waals surface area contributed by atoms with Crippen LogP contribution in [-0.2, 0) is 6.42 Å². The maximum atomic E-state index is 2.17. The largest absolute Gasteiger partial charge is 0.0620 e. The van der Waals surface area contributed by atoms with Crippen LogP contribution in [0.25, 0.3) is 0 Å². The Bertz CT molecular complexity index is 284. The molecule has 0 nitrogen and oxygen atoms in total. The summed E-state index contributed by atoms with van der Waals surface area (Å²) in [7, 11) is 0. The van der Waals surface area contributed by atoms with E-state index in [9.17, 15) is 0 Å². The van der Waals surface area contributed by atoms with Crippen LogP contribution in [0.5, 0.6) is 0 Å². The predicted octanol–water partition coefficient (Wildman–Crippen LogP) is 3.68. The summed E-state index contributed by atoms with van der Waals surface area (Å²) < 4.78 is 0. The lowest BCUT2D eigenvalue weighted by Crippen LogP contribution is -1.72. The summed E-state index contributed by atoms with van der Waals surface area (Å²) in [4.78, 5) is 0. The summed E-state index contributed by atoms with van der Waals surface area (Å²) in [5.41, 5.74) is 2.63. The fourth-order valence-electron chi connectivity index (χ4n) is 1.12. The van der Waals surface area contributed by atoms with Crippen LogP contribution in [0.4, 0.5) is 0 Å². The van der Waals surface area contributed by atoms with Gasteiger partial charge in [0.1, 0.15) is 0 Å². The molecule has 0 N–H and O–H groups in total. The molecule has 0 bridgehead atoms. The lowest BCUT2D eigenvalue weighted by atomic mass is 10.2. The number of rotatable bonds is 1. The lowest BCUT2D eigenvalue weighted by molar-refractivity contribution is 1.14. The van der Waals surface area contributed by atoms with Crippen LogP contribution < -0.4 is 0 Å². The zero-order valence-corrected chi connectivity index (χ0v) is 8.33. The van der Waals surface area contributed by atoms with Crippen molar-refractivity contribution in [2.75, 3.05) is 0 Å². The van der Waals surface area contributed by atoms with Gasteiger partial charge in [-0.1, -0.05) is 61.0 Å². The van der Waals surface area contributed by atoms with Crippen LogP contribution in [0.3, 0.4) is 0 Å². The van der Waals surface area contributed by atoms with E-state index in [2.05, 4.69) is 62.4 Å². The second-order valence-corrected chi connectivity index (χ2v) is 3.11. The molecule has 0 aliphatic carbocycles. The fourth-order valence-corrected chi connectivity index (χ4v) is 1.12. The Morgan fingerprint density at radius 3 is 1.77 bits per heavy atom. The molecule has 0 radical (unpaired) electrons. The standard InChI is InChI=1S/C13H16/c1-3-13-10-6-4-8-12(2)9-5-7-11-13/h4-11H,3H2,1-2H3. The fraction of sp³-hybridized carbons (Fsp3) is 0.231. The first kappa shape index (κ1) is 9.79. The Kier molecular flexibility index (Phi) is 4.04. The Hall–Kier alpha value is -1.30. The summed E-state index contributed by atoms with van der Waals surface area (Å²) in [6, 6.07) is 16.9. The normalized spacial score (nSPS) is 9.08. The zero-order chi connectivity index (χ0) is 9.52. The third-order valence-electron chi connectivity index (χ3n) is 1.97. The molecule has 68 valence electrons. The monoisotopic (exact) mass is 172 g/mol. The van der Waals surface area contributed by atoms with Crippen molar-refractivity contribution in [2.45, 2.75) is 20.3 Å². The average molecular weight is 172 g/mol. The molecule has 1 aromatic rings. The van der Waals surface area contributed by atoms with Crippen LogP contribution in [0, 0.1) is 6.92 Å². The molecule has 0 atom stereocenters. The van der Waals surface area contributed by atoms with Crippen molar-refractivity contribution >= 4 is 0 Å². The van der Waals surface area contributed by atoms with Gasteiger partial charge in [0.2, 0.25) is 0 Å². The van der Waals surface area contributed by atoms with Crippen molar-refractivity contribution in [3.63, 3.8) is 0 Å². The topological polar surface area (TPSA) is 0 Å². The third-order valence-corrected chi connectivity index (χ3v) is 1.97. The van der Waals surface area contributed by atoms with Gasteiger partial charge in [-0.25, -0.2) is 0 Å². The minimum Gasteiger partial charge on any atom is -0.0620 e. The molecule has 1 rings (SSSR count). The number of aryl methyl sites for hydroxylation is 2. The average Bonchev–Trinajstić information content (AvgIpc) is 2.16. The number of hydrogen-bond acceptors (Lipinski definition) is 0. The Morgan fingerprint density at radius 1 is 0.846 bits per heavy atom. The summed E-state index contributed by atoms with van der Waals surface area (Å²) in [6.07, 6.45) is 1.08. The van der Waals surface area contributed by atoms with Crippen molar-refractivity contribution < 1.29 is 0 Å². The van der Waals surface area contributed by atoms with Crippen molar-refractivity contribution in [3.05, 3.63) is 59.7 Å². The molecule has 0 heteroatoms. The molecule has 13 heavy (non-hydrogen) atoms. The van der Waals surface area contributed by atoms with Crippen molar-refractivity contribution in [3.8, 4) is 0 Å². The van der Waals surface area contributed by atoms with E-state index < -0.39 is 0 Å². The predicted molar refractivity (Wildman–Crippen MR) is 58.2 cm³/mol. The molecule has 0 saturated carbocycles. The molecule has 0 saturated heterocycles. The van der Waals surface area contributed by atoms with Crippen LogP contribution in [-0.4, -0.2) is 0 Å². The van der Waals surface area contributed by atoms with Gasteiger partial charge in [0.15, 0.2) is 0 Å². The molecule has 0 unspecified atom stereocenters. The molecule has 0 aliphatic rings. The van der Waals surface area contributed by atoms with Crippen LogP contribution >= 0.6 is 0 Å². The lowest BCUT2D eigenvalue weighted by Gasteiger charge is -1.88. The van der Waals surface area contributed by atoms with E-state index in [1.165, 1.54) is 11.1 Å². The van der Waals surface area contributed by atoms with Gasteiger partial charge in [-0.05, 0) is 18.9 Å². The Balaban J connectivity index is 3.14. The van der Waals surface area contributed by atoms with Gasteiger partial charge >= 0.3 is 0 Å². The van der Waals surface area contributed by atoms with Crippen LogP contribution in [0.15, 0.2) is 48.5 Å². The van der Waals surface area contributed by atoms with Crippen LogP contribution in [0.1, 0.15) is 18.1 Å². The van der Waals surface area contributed by atoms with Crippen molar-refractivity contribution in [2.24, 2.45) is 0 Å². The highest BCUT2D eigenvalue weighted by molar-refractivity contribution is 5.14. The molecule has 0 aromatic heterocycles. The van der Waals surface area contributed by atoms with Gasteiger partial charge in [0.25, 0.3) is 0 Å². The highest BCUT2D eigenvalue weighted by Crippen LogP contribution is 1.96. The van der Waals surface area contributed by atoms with Gasteiger partial charge in [-0.15, -0.1) is 0 Å². The van der Waals surface area contributed by atoms with E-state index in [-0.39, 0.29) is 0 Å². The second-order valence-electron chi connectivity index (χ2n) is 3.11. The number of hydrogen-bond donors (Lipinski definition) is 0. The van der Waals surface area contributed by atoms with Gasteiger partial charge in [0.05, 0.1) is 0 Å². The van der Waals surface area contributed by atoms with Crippen molar-refractivity contribution in [1.82, 2.24) is 0 Å². The second kappa shape index (κ2) is 5.36. The molecule has 0 spiro atoms. The highest BCUT2D eigenvalue weighted by atomic mass is 13.9. The highest BCUT2D eigenvalue weighted by Gasteiger charge is 1.79. The third kappa shape index (κ3) is 3.75. The summed E-state index contributed by atoms with van der Waals surface area (Å²) in [5.74, 6) is 0. The van der Waals surface area contributed by atoms with E-state index >= 15 is 0 Å². The maximum Gasteiger partial charge on any atom is -0.0307 e. The molecule has 0 fully saturated rings. The van der Waals surface area contributed by atoms with Gasteiger partial charge in [-0.2, -0.15) is 0 Å². The molecule has 0 amide bonds. The first-order chi connectivity index (χ1) is 6.33. The minimum atomic E-state index is 1.08. The molecular weight excluding hydrogens is 156 g/mol. The first-order valence-electron chi connectivity index (χ1n) is 4.72. The smallest absolute Gasteiger partial charge is 0.0307 e. The summed E-state index contributed by atoms with van der Waals surface area (Å²) in [6.45, 7) is 4.27. The molecule has 0 heterocycles. The van der Waals surface area contributed by atoms with E-state index in [1.807, 2.05) is 0 Å². The summed E-state index contributed by atoms with van der Waals surface area (Å²) in [5, 5.41) is 0. The van der Waals surface area contributed by atoms with E-state index in [0.29, 0.717) is 0 Å².